The van der Waals surface area contributed by atoms with Crippen LogP contribution in [0.3, 0.4) is 0 Å². The summed E-state index contributed by atoms with van der Waals surface area (Å²) in [5.41, 5.74) is 0.0538. The third-order valence-corrected chi connectivity index (χ3v) is 1.54. The fourth-order valence-corrected chi connectivity index (χ4v) is 0.986. The number of aryl methyl sites for hydroxylation is 1. The molecule has 0 aromatic carbocycles. The molecule has 0 amide bonds. The minimum absolute atomic E-state index is 0.121. The third kappa shape index (κ3) is 1.90. The molecule has 1 heterocycles. The van der Waals surface area contributed by atoms with Crippen molar-refractivity contribution in [1.29, 1.82) is 0 Å². The summed E-state index contributed by atoms with van der Waals surface area (Å²) in [7, 11) is 0. The number of rotatable bonds is 2. The number of hydrogen-bond acceptors (Lipinski definition) is 6. The Morgan fingerprint density at radius 1 is 1.43 bits per heavy atom. The van der Waals surface area contributed by atoms with Crippen LogP contribution >= 0.6 is 0 Å². The maximum atomic E-state index is 11.3. The normalized spacial score (nSPS) is 9.86. The van der Waals surface area contributed by atoms with E-state index in [1.54, 1.807) is 6.92 Å². The number of aromatic nitrogens is 2. The molecule has 0 saturated heterocycles. The highest BCUT2D eigenvalue weighted by Gasteiger charge is 2.19. The molecule has 6 nitrogen and oxygen atoms in total. The summed E-state index contributed by atoms with van der Waals surface area (Å²) in [6, 6.07) is -0.576. The summed E-state index contributed by atoms with van der Waals surface area (Å²) in [6.45, 7) is 3.30. The van der Waals surface area contributed by atoms with Gasteiger partial charge in [-0.15, -0.1) is 0 Å². The van der Waals surface area contributed by atoms with Gasteiger partial charge in [0.25, 0.3) is 0 Å². The number of ether oxygens (including phenoxy) is 1. The first-order chi connectivity index (χ1) is 6.56. The predicted octanol–water partition coefficient (Wildman–Crippen LogP) is 0.373. The van der Waals surface area contributed by atoms with E-state index in [-0.39, 0.29) is 17.9 Å². The van der Waals surface area contributed by atoms with Crippen LogP contribution in [0.2, 0.25) is 0 Å². The van der Waals surface area contributed by atoms with Gasteiger partial charge in [0, 0.05) is 0 Å². The Bertz CT molecular complexity index is 341. The average Bonchev–Trinajstić information content (AvgIpc) is 2.01. The number of nitrogens with zero attached hydrogens (tertiary/aromatic N) is 2. The summed E-state index contributed by atoms with van der Waals surface area (Å²) >= 11 is 0. The van der Waals surface area contributed by atoms with E-state index < -0.39 is 17.9 Å². The van der Waals surface area contributed by atoms with Gasteiger partial charge in [-0.2, -0.15) is 9.97 Å². The summed E-state index contributed by atoms with van der Waals surface area (Å²) < 4.78 is 4.67. The molecule has 14 heavy (non-hydrogen) atoms. The van der Waals surface area contributed by atoms with Crippen molar-refractivity contribution in [2.45, 2.75) is 13.8 Å². The Balaban J connectivity index is 3.14. The molecule has 0 radical (unpaired) electrons. The van der Waals surface area contributed by atoms with E-state index in [2.05, 4.69) is 14.7 Å². The first-order valence-corrected chi connectivity index (χ1v) is 4.00. The third-order valence-electron chi connectivity index (χ3n) is 1.54. The topological polar surface area (TPSA) is 92.5 Å². The summed E-state index contributed by atoms with van der Waals surface area (Å²) in [4.78, 5) is 18.0. The van der Waals surface area contributed by atoms with Crippen molar-refractivity contribution >= 4 is 5.97 Å². The molecule has 0 saturated carbocycles. The molecule has 76 valence electrons. The average molecular weight is 198 g/mol. The lowest BCUT2D eigenvalue weighted by molar-refractivity contribution is 0.0520. The smallest absolute Gasteiger partial charge is 0.345 e. The summed E-state index contributed by atoms with van der Waals surface area (Å²) in [6.07, 6.45) is 0. The maximum Gasteiger partial charge on any atom is 0.345 e. The van der Waals surface area contributed by atoms with Crippen molar-refractivity contribution in [3.63, 3.8) is 0 Å². The van der Waals surface area contributed by atoms with Crippen molar-refractivity contribution in [3.8, 4) is 11.9 Å². The van der Waals surface area contributed by atoms with Gasteiger partial charge in [0.1, 0.15) is 5.56 Å². The Morgan fingerprint density at radius 2 is 2.07 bits per heavy atom. The fourth-order valence-electron chi connectivity index (χ4n) is 0.986. The summed E-state index contributed by atoms with van der Waals surface area (Å²) in [5.74, 6) is -1.28. The SMILES string of the molecule is CCOC(=O)c1c(C)nc(O)nc1O. The van der Waals surface area contributed by atoms with Crippen molar-refractivity contribution in [3.05, 3.63) is 11.3 Å². The van der Waals surface area contributed by atoms with E-state index >= 15 is 0 Å². The molecule has 0 unspecified atom stereocenters. The van der Waals surface area contributed by atoms with E-state index in [0.29, 0.717) is 0 Å². The van der Waals surface area contributed by atoms with Crippen LogP contribution in [0, 0.1) is 6.92 Å². The number of hydrogen-bond donors (Lipinski definition) is 2. The lowest BCUT2D eigenvalue weighted by Crippen LogP contribution is -2.09. The van der Waals surface area contributed by atoms with Crippen LogP contribution in [0.5, 0.6) is 11.9 Å². The zero-order valence-corrected chi connectivity index (χ0v) is 7.81. The second-order valence-electron chi connectivity index (χ2n) is 2.53. The van der Waals surface area contributed by atoms with Crippen LogP contribution in [-0.4, -0.2) is 32.8 Å². The van der Waals surface area contributed by atoms with Crippen LogP contribution in [0.1, 0.15) is 23.0 Å². The molecule has 0 atom stereocenters. The van der Waals surface area contributed by atoms with Crippen LogP contribution < -0.4 is 0 Å². The van der Waals surface area contributed by atoms with Gasteiger partial charge in [-0.05, 0) is 13.8 Å². The molecular weight excluding hydrogens is 188 g/mol. The van der Waals surface area contributed by atoms with Crippen LogP contribution in [0.15, 0.2) is 0 Å². The number of carbonyl (C=O) groups excluding carboxylic acids is 1. The van der Waals surface area contributed by atoms with Gasteiger partial charge >= 0.3 is 12.0 Å². The Morgan fingerprint density at radius 3 is 2.57 bits per heavy atom. The second kappa shape index (κ2) is 3.91. The van der Waals surface area contributed by atoms with E-state index in [4.69, 9.17) is 5.11 Å². The zero-order chi connectivity index (χ0) is 10.7. The second-order valence-corrected chi connectivity index (χ2v) is 2.53. The molecule has 1 rings (SSSR count). The van der Waals surface area contributed by atoms with Gasteiger partial charge in [0.15, 0.2) is 0 Å². The molecule has 0 fully saturated rings. The van der Waals surface area contributed by atoms with E-state index in [1.807, 2.05) is 0 Å². The molecule has 0 aliphatic heterocycles. The minimum atomic E-state index is -0.706. The van der Waals surface area contributed by atoms with E-state index in [0.717, 1.165) is 0 Å². The van der Waals surface area contributed by atoms with Crippen LogP contribution in [0.25, 0.3) is 0 Å². The Kier molecular flexibility index (Phi) is 2.85. The number of carbonyl (C=O) groups is 1. The van der Waals surface area contributed by atoms with E-state index in [1.165, 1.54) is 6.92 Å². The minimum Gasteiger partial charge on any atom is -0.492 e. The predicted molar refractivity (Wildman–Crippen MR) is 46.1 cm³/mol. The van der Waals surface area contributed by atoms with Crippen molar-refractivity contribution in [2.24, 2.45) is 0 Å². The summed E-state index contributed by atoms with van der Waals surface area (Å²) in [5, 5.41) is 18.2. The lowest BCUT2D eigenvalue weighted by atomic mass is 10.2. The maximum absolute atomic E-state index is 11.3. The molecule has 1 aromatic heterocycles. The molecule has 0 aliphatic rings. The van der Waals surface area contributed by atoms with Crippen LogP contribution in [-0.2, 0) is 4.74 Å². The molecular formula is C8H10N2O4. The molecule has 2 N–H and O–H groups in total. The van der Waals surface area contributed by atoms with Gasteiger partial charge in [-0.3, -0.25) is 0 Å². The zero-order valence-electron chi connectivity index (χ0n) is 7.81. The number of aromatic hydroxyl groups is 2. The van der Waals surface area contributed by atoms with Crippen molar-refractivity contribution in [1.82, 2.24) is 9.97 Å². The quantitative estimate of drug-likeness (QED) is 0.667. The standard InChI is InChI=1S/C8H10N2O4/c1-3-14-7(12)5-4(2)9-8(13)10-6(5)11/h3H2,1-2H3,(H2,9,10,11,13). The Hall–Kier alpha value is -1.85. The Labute approximate surface area is 80.2 Å². The monoisotopic (exact) mass is 198 g/mol. The fraction of sp³-hybridized carbons (Fsp3) is 0.375. The highest BCUT2D eigenvalue weighted by molar-refractivity contribution is 5.92. The van der Waals surface area contributed by atoms with Gasteiger partial charge in [-0.25, -0.2) is 4.79 Å². The van der Waals surface area contributed by atoms with Crippen molar-refractivity contribution in [2.75, 3.05) is 6.61 Å². The van der Waals surface area contributed by atoms with Crippen LogP contribution in [0.4, 0.5) is 0 Å². The lowest BCUT2D eigenvalue weighted by Gasteiger charge is -2.05. The highest BCUT2D eigenvalue weighted by Crippen LogP contribution is 2.20. The van der Waals surface area contributed by atoms with Gasteiger partial charge in [0.2, 0.25) is 5.88 Å². The first-order valence-electron chi connectivity index (χ1n) is 4.00. The highest BCUT2D eigenvalue weighted by atomic mass is 16.5. The first kappa shape index (κ1) is 10.2. The largest absolute Gasteiger partial charge is 0.492 e. The van der Waals surface area contributed by atoms with Gasteiger partial charge in [-0.1, -0.05) is 0 Å². The molecule has 1 aromatic rings. The van der Waals surface area contributed by atoms with Gasteiger partial charge in [0.05, 0.1) is 12.3 Å². The van der Waals surface area contributed by atoms with Crippen molar-refractivity contribution < 1.29 is 19.7 Å². The molecule has 0 spiro atoms. The molecule has 0 bridgehead atoms. The number of esters is 1. The molecule has 6 heteroatoms. The van der Waals surface area contributed by atoms with E-state index in [9.17, 15) is 9.90 Å². The molecule has 0 aliphatic carbocycles. The van der Waals surface area contributed by atoms with Gasteiger partial charge < -0.3 is 14.9 Å².